The third kappa shape index (κ3) is 5.19. The Kier molecular flexibility index (Phi) is 6.54. The lowest BCUT2D eigenvalue weighted by atomic mass is 10.1. The van der Waals surface area contributed by atoms with Gasteiger partial charge in [-0.05, 0) is 12.8 Å². The fourth-order valence-corrected chi connectivity index (χ4v) is 3.02. The van der Waals surface area contributed by atoms with Gasteiger partial charge in [0.15, 0.2) is 0 Å². The van der Waals surface area contributed by atoms with Crippen molar-refractivity contribution < 1.29 is 9.59 Å². The van der Waals surface area contributed by atoms with Crippen LogP contribution in [0.25, 0.3) is 0 Å². The van der Waals surface area contributed by atoms with E-state index in [1.165, 1.54) is 12.5 Å². The molecule has 1 aromatic rings. The van der Waals surface area contributed by atoms with Gasteiger partial charge >= 0.3 is 0 Å². The molecule has 0 bridgehead atoms. The molecule has 2 rings (SSSR count). The Bertz CT molecular complexity index is 583. The van der Waals surface area contributed by atoms with Crippen molar-refractivity contribution in [3.63, 3.8) is 0 Å². The average Bonchev–Trinajstić information content (AvgIpc) is 2.80. The molecule has 1 saturated heterocycles. The molecular weight excluding hydrogens is 306 g/mol. The van der Waals surface area contributed by atoms with Gasteiger partial charge in [-0.3, -0.25) is 19.2 Å². The minimum atomic E-state index is -0.509. The summed E-state index contributed by atoms with van der Waals surface area (Å²) < 4.78 is 1.80. The van der Waals surface area contributed by atoms with E-state index in [1.807, 2.05) is 24.3 Å². The molecule has 0 unspecified atom stereocenters. The zero-order valence-corrected chi connectivity index (χ0v) is 14.6. The number of hydrogen-bond donors (Lipinski definition) is 1. The summed E-state index contributed by atoms with van der Waals surface area (Å²) in [5, 5.41) is 6.92. The first-order chi connectivity index (χ1) is 11.5. The summed E-state index contributed by atoms with van der Waals surface area (Å²) in [6, 6.07) is -0.509. The van der Waals surface area contributed by atoms with Gasteiger partial charge < -0.3 is 10.2 Å². The molecule has 7 heteroatoms. The molecule has 2 amide bonds. The van der Waals surface area contributed by atoms with Gasteiger partial charge in [-0.1, -0.05) is 6.08 Å². The molecule has 0 aliphatic carbocycles. The number of hydrogen-bond acceptors (Lipinski definition) is 4. The van der Waals surface area contributed by atoms with E-state index in [4.69, 9.17) is 0 Å². The Morgan fingerprint density at radius 2 is 2.17 bits per heavy atom. The minimum absolute atomic E-state index is 0.0201. The normalized spacial score (nSPS) is 17.2. The van der Waals surface area contributed by atoms with Crippen LogP contribution in [0, 0.1) is 0 Å². The molecule has 0 aromatic carbocycles. The monoisotopic (exact) mass is 333 g/mol. The Morgan fingerprint density at radius 3 is 2.79 bits per heavy atom. The first-order valence-corrected chi connectivity index (χ1v) is 8.36. The number of carbonyl (C=O) groups excluding carboxylic acids is 2. The molecule has 0 spiro atoms. The van der Waals surface area contributed by atoms with Crippen molar-refractivity contribution in [1.82, 2.24) is 24.9 Å². The van der Waals surface area contributed by atoms with Gasteiger partial charge in [-0.2, -0.15) is 5.10 Å². The number of nitrogens with zero attached hydrogens (tertiary/aromatic N) is 4. The summed E-state index contributed by atoms with van der Waals surface area (Å²) in [6.45, 7) is 9.11. The number of nitrogens with one attached hydrogen (secondary N) is 1. The SMILES string of the molecule is C=CC[C@H](NC(C)=O)C(=O)N1CCCN(Cc2cnn(C)c2)CC1. The molecule has 0 saturated carbocycles. The van der Waals surface area contributed by atoms with Crippen LogP contribution in [0.5, 0.6) is 0 Å². The van der Waals surface area contributed by atoms with Crippen molar-refractivity contribution >= 4 is 11.8 Å². The first-order valence-electron chi connectivity index (χ1n) is 8.36. The van der Waals surface area contributed by atoms with E-state index < -0.39 is 6.04 Å². The van der Waals surface area contributed by atoms with Crippen LogP contribution >= 0.6 is 0 Å². The lowest BCUT2D eigenvalue weighted by Crippen LogP contribution is -2.48. The summed E-state index contributed by atoms with van der Waals surface area (Å²) in [7, 11) is 1.91. The van der Waals surface area contributed by atoms with Gasteiger partial charge in [0.25, 0.3) is 0 Å². The molecule has 1 aliphatic rings. The maximum atomic E-state index is 12.7. The van der Waals surface area contributed by atoms with Gasteiger partial charge in [0.05, 0.1) is 6.20 Å². The second kappa shape index (κ2) is 8.63. The lowest BCUT2D eigenvalue weighted by Gasteiger charge is -2.26. The van der Waals surface area contributed by atoms with Gasteiger partial charge in [0.2, 0.25) is 11.8 Å². The van der Waals surface area contributed by atoms with Crippen LogP contribution in [0.1, 0.15) is 25.3 Å². The molecule has 24 heavy (non-hydrogen) atoms. The van der Waals surface area contributed by atoms with Crippen molar-refractivity contribution in [1.29, 1.82) is 0 Å². The van der Waals surface area contributed by atoms with Crippen LogP contribution < -0.4 is 5.32 Å². The second-order valence-electron chi connectivity index (χ2n) is 6.25. The summed E-state index contributed by atoms with van der Waals surface area (Å²) >= 11 is 0. The molecular formula is C17H27N5O2. The summed E-state index contributed by atoms with van der Waals surface area (Å²) in [5.74, 6) is -0.212. The highest BCUT2D eigenvalue weighted by Crippen LogP contribution is 2.10. The molecule has 1 atom stereocenters. The van der Waals surface area contributed by atoms with E-state index in [0.29, 0.717) is 13.0 Å². The Balaban J connectivity index is 1.92. The number of aryl methyl sites for hydroxylation is 1. The van der Waals surface area contributed by atoms with Gasteiger partial charge in [0, 0.05) is 58.5 Å². The minimum Gasteiger partial charge on any atom is -0.344 e. The molecule has 1 aromatic heterocycles. The zero-order chi connectivity index (χ0) is 17.5. The maximum Gasteiger partial charge on any atom is 0.245 e. The van der Waals surface area contributed by atoms with E-state index in [0.717, 1.165) is 32.6 Å². The number of carbonyl (C=O) groups is 2. The van der Waals surface area contributed by atoms with Gasteiger partial charge in [0.1, 0.15) is 6.04 Å². The molecule has 1 N–H and O–H groups in total. The third-order valence-electron chi connectivity index (χ3n) is 4.14. The summed E-state index contributed by atoms with van der Waals surface area (Å²) in [4.78, 5) is 28.2. The van der Waals surface area contributed by atoms with Crippen LogP contribution in [0.2, 0.25) is 0 Å². The number of rotatable bonds is 6. The first kappa shape index (κ1) is 18.2. The molecule has 0 radical (unpaired) electrons. The fourth-order valence-electron chi connectivity index (χ4n) is 3.02. The highest BCUT2D eigenvalue weighted by molar-refractivity contribution is 5.87. The molecule has 132 valence electrons. The average molecular weight is 333 g/mol. The standard InChI is InChI=1S/C17H27N5O2/c1-4-6-16(19-14(2)23)17(24)22-8-5-7-21(9-10-22)13-15-11-18-20(3)12-15/h4,11-12,16H,1,5-10,13H2,2-3H3,(H,19,23)/t16-/m0/s1. The van der Waals surface area contributed by atoms with E-state index in [-0.39, 0.29) is 11.8 Å². The van der Waals surface area contributed by atoms with Crippen LogP contribution in [0.3, 0.4) is 0 Å². The van der Waals surface area contributed by atoms with E-state index in [2.05, 4.69) is 21.9 Å². The summed E-state index contributed by atoms with van der Waals surface area (Å²) in [6.07, 6.45) is 6.95. The third-order valence-corrected chi connectivity index (χ3v) is 4.14. The fraction of sp³-hybridized carbons (Fsp3) is 0.588. The Hall–Kier alpha value is -2.15. The van der Waals surface area contributed by atoms with Crippen LogP contribution in [-0.4, -0.2) is 63.6 Å². The van der Waals surface area contributed by atoms with E-state index in [9.17, 15) is 9.59 Å². The molecule has 2 heterocycles. The van der Waals surface area contributed by atoms with Crippen molar-refractivity contribution in [3.05, 3.63) is 30.6 Å². The van der Waals surface area contributed by atoms with Crippen LogP contribution in [-0.2, 0) is 23.2 Å². The maximum absolute atomic E-state index is 12.7. The Morgan fingerprint density at radius 1 is 1.38 bits per heavy atom. The van der Waals surface area contributed by atoms with Crippen molar-refractivity contribution in [2.45, 2.75) is 32.4 Å². The summed E-state index contributed by atoms with van der Waals surface area (Å²) in [5.41, 5.74) is 1.18. The highest BCUT2D eigenvalue weighted by atomic mass is 16.2. The zero-order valence-electron chi connectivity index (χ0n) is 14.6. The molecule has 7 nitrogen and oxygen atoms in total. The van der Waals surface area contributed by atoms with Crippen molar-refractivity contribution in [2.75, 3.05) is 26.2 Å². The predicted molar refractivity (Wildman–Crippen MR) is 92.1 cm³/mol. The van der Waals surface area contributed by atoms with Crippen LogP contribution in [0.15, 0.2) is 25.0 Å². The van der Waals surface area contributed by atoms with Gasteiger partial charge in [-0.15, -0.1) is 6.58 Å². The van der Waals surface area contributed by atoms with Gasteiger partial charge in [-0.25, -0.2) is 0 Å². The number of amides is 2. The van der Waals surface area contributed by atoms with Crippen LogP contribution in [0.4, 0.5) is 0 Å². The highest BCUT2D eigenvalue weighted by Gasteiger charge is 2.26. The van der Waals surface area contributed by atoms with E-state index >= 15 is 0 Å². The quantitative estimate of drug-likeness (QED) is 0.771. The van der Waals surface area contributed by atoms with E-state index in [1.54, 1.807) is 10.8 Å². The Labute approximate surface area is 143 Å². The predicted octanol–water partition coefficient (Wildman–Crippen LogP) is 0.535. The molecule has 1 fully saturated rings. The second-order valence-corrected chi connectivity index (χ2v) is 6.25. The van der Waals surface area contributed by atoms with Crippen molar-refractivity contribution in [2.24, 2.45) is 7.05 Å². The smallest absolute Gasteiger partial charge is 0.245 e. The number of aromatic nitrogens is 2. The largest absolute Gasteiger partial charge is 0.344 e. The van der Waals surface area contributed by atoms with Crippen molar-refractivity contribution in [3.8, 4) is 0 Å². The topological polar surface area (TPSA) is 70.5 Å². The lowest BCUT2D eigenvalue weighted by molar-refractivity contribution is -0.135. The molecule has 1 aliphatic heterocycles.